The molecule has 0 bridgehead atoms. The van der Waals surface area contributed by atoms with Gasteiger partial charge in [0.25, 0.3) is 0 Å². The molecule has 2 N–H and O–H groups in total. The Morgan fingerprint density at radius 1 is 1.00 bits per heavy atom. The first kappa shape index (κ1) is 13.6. The van der Waals surface area contributed by atoms with Gasteiger partial charge >= 0.3 is 0 Å². The van der Waals surface area contributed by atoms with Crippen molar-refractivity contribution in [1.82, 2.24) is 5.32 Å². The van der Waals surface area contributed by atoms with Crippen LogP contribution < -0.4 is 5.32 Å². The molecule has 100 valence electrons. The van der Waals surface area contributed by atoms with Crippen molar-refractivity contribution in [3.8, 4) is 5.75 Å². The van der Waals surface area contributed by atoms with Crippen LogP contribution >= 0.6 is 0 Å². The number of hydrogen-bond acceptors (Lipinski definition) is 2. The predicted molar refractivity (Wildman–Crippen MR) is 74.5 cm³/mol. The summed E-state index contributed by atoms with van der Waals surface area (Å²) in [4.78, 5) is 0. The van der Waals surface area contributed by atoms with E-state index in [4.69, 9.17) is 0 Å². The Balaban J connectivity index is 2.10. The number of benzene rings is 2. The Labute approximate surface area is 112 Å². The Hall–Kier alpha value is -1.87. The van der Waals surface area contributed by atoms with Crippen LogP contribution in [0, 0.1) is 5.82 Å². The first-order valence-corrected chi connectivity index (χ1v) is 6.37. The third kappa shape index (κ3) is 3.32. The van der Waals surface area contributed by atoms with Crippen LogP contribution in [0.1, 0.15) is 37.1 Å². The lowest BCUT2D eigenvalue weighted by molar-refractivity contribution is 0.434. The SMILES string of the molecule is CC(N[C@H](C)c1ccccc1)c1ccc(F)cc1O. The number of halogens is 1. The van der Waals surface area contributed by atoms with Gasteiger partial charge in [0, 0.05) is 23.7 Å². The minimum absolute atomic E-state index is 0.0136. The zero-order valence-corrected chi connectivity index (χ0v) is 11.1. The van der Waals surface area contributed by atoms with Crippen molar-refractivity contribution in [1.29, 1.82) is 0 Å². The minimum atomic E-state index is -0.426. The Bertz CT molecular complexity index is 542. The van der Waals surface area contributed by atoms with E-state index in [2.05, 4.69) is 24.4 Å². The molecule has 0 radical (unpaired) electrons. The van der Waals surface area contributed by atoms with Crippen molar-refractivity contribution in [3.05, 3.63) is 65.5 Å². The second-order valence-electron chi connectivity index (χ2n) is 4.72. The molecule has 0 fully saturated rings. The second kappa shape index (κ2) is 5.85. The summed E-state index contributed by atoms with van der Waals surface area (Å²) >= 11 is 0. The van der Waals surface area contributed by atoms with Gasteiger partial charge in [0.2, 0.25) is 0 Å². The summed E-state index contributed by atoms with van der Waals surface area (Å²) in [5.41, 5.74) is 1.88. The fourth-order valence-corrected chi connectivity index (χ4v) is 2.19. The molecule has 2 rings (SSSR count). The van der Waals surface area contributed by atoms with Gasteiger partial charge in [-0.25, -0.2) is 4.39 Å². The van der Waals surface area contributed by atoms with E-state index in [1.807, 2.05) is 25.1 Å². The topological polar surface area (TPSA) is 32.3 Å². The molecule has 0 saturated carbocycles. The molecule has 0 saturated heterocycles. The van der Waals surface area contributed by atoms with E-state index in [0.717, 1.165) is 6.07 Å². The fraction of sp³-hybridized carbons (Fsp3) is 0.250. The van der Waals surface area contributed by atoms with Crippen LogP contribution in [0.25, 0.3) is 0 Å². The van der Waals surface area contributed by atoms with E-state index in [1.54, 1.807) is 6.07 Å². The molecular formula is C16H18FNO. The molecular weight excluding hydrogens is 241 g/mol. The average Bonchev–Trinajstić information content (AvgIpc) is 2.39. The van der Waals surface area contributed by atoms with Gasteiger partial charge in [-0.3, -0.25) is 0 Å². The summed E-state index contributed by atoms with van der Waals surface area (Å²) in [5.74, 6) is -0.440. The number of phenols is 1. The van der Waals surface area contributed by atoms with E-state index in [-0.39, 0.29) is 17.8 Å². The van der Waals surface area contributed by atoms with Crippen LogP contribution in [-0.4, -0.2) is 5.11 Å². The molecule has 2 atom stereocenters. The first-order chi connectivity index (χ1) is 9.08. The van der Waals surface area contributed by atoms with Gasteiger partial charge in [0.05, 0.1) is 0 Å². The highest BCUT2D eigenvalue weighted by Crippen LogP contribution is 2.26. The van der Waals surface area contributed by atoms with Crippen LogP contribution in [0.5, 0.6) is 5.75 Å². The van der Waals surface area contributed by atoms with Gasteiger partial charge in [-0.1, -0.05) is 36.4 Å². The quantitative estimate of drug-likeness (QED) is 0.871. The van der Waals surface area contributed by atoms with Crippen LogP contribution in [0.4, 0.5) is 4.39 Å². The standard InChI is InChI=1S/C16H18FNO/c1-11(13-6-4-3-5-7-13)18-12(2)15-9-8-14(17)10-16(15)19/h3-12,18-19H,1-2H3/t11-,12?/m1/s1. The Kier molecular flexibility index (Phi) is 4.17. The highest BCUT2D eigenvalue weighted by Gasteiger charge is 2.14. The molecule has 3 heteroatoms. The summed E-state index contributed by atoms with van der Waals surface area (Å²) in [6.07, 6.45) is 0. The van der Waals surface area contributed by atoms with Crippen molar-refractivity contribution in [2.45, 2.75) is 25.9 Å². The van der Waals surface area contributed by atoms with Crippen LogP contribution in [0.3, 0.4) is 0 Å². The minimum Gasteiger partial charge on any atom is -0.508 e. The van der Waals surface area contributed by atoms with Gasteiger partial charge < -0.3 is 10.4 Å². The van der Waals surface area contributed by atoms with Crippen molar-refractivity contribution < 1.29 is 9.50 Å². The first-order valence-electron chi connectivity index (χ1n) is 6.37. The van der Waals surface area contributed by atoms with Crippen molar-refractivity contribution in [2.75, 3.05) is 0 Å². The highest BCUT2D eigenvalue weighted by atomic mass is 19.1. The zero-order chi connectivity index (χ0) is 13.8. The third-order valence-electron chi connectivity index (χ3n) is 3.26. The van der Waals surface area contributed by atoms with Crippen LogP contribution in [-0.2, 0) is 0 Å². The van der Waals surface area contributed by atoms with E-state index < -0.39 is 5.82 Å². The summed E-state index contributed by atoms with van der Waals surface area (Å²) in [7, 11) is 0. The molecule has 0 spiro atoms. The molecule has 2 aromatic rings. The molecule has 19 heavy (non-hydrogen) atoms. The highest BCUT2D eigenvalue weighted by molar-refractivity contribution is 5.35. The van der Waals surface area contributed by atoms with E-state index in [0.29, 0.717) is 5.56 Å². The maximum atomic E-state index is 13.0. The molecule has 0 amide bonds. The molecule has 2 aromatic carbocycles. The lowest BCUT2D eigenvalue weighted by Gasteiger charge is -2.21. The van der Waals surface area contributed by atoms with Gasteiger partial charge in [-0.2, -0.15) is 0 Å². The molecule has 0 aliphatic heterocycles. The fourth-order valence-electron chi connectivity index (χ4n) is 2.19. The van der Waals surface area contributed by atoms with Crippen molar-refractivity contribution in [3.63, 3.8) is 0 Å². The number of hydrogen-bond donors (Lipinski definition) is 2. The molecule has 0 aliphatic carbocycles. The zero-order valence-electron chi connectivity index (χ0n) is 11.1. The molecule has 0 heterocycles. The summed E-state index contributed by atoms with van der Waals surface area (Å²) in [6, 6.07) is 14.3. The maximum Gasteiger partial charge on any atom is 0.126 e. The van der Waals surface area contributed by atoms with Crippen molar-refractivity contribution >= 4 is 0 Å². The Morgan fingerprint density at radius 3 is 2.32 bits per heavy atom. The van der Waals surface area contributed by atoms with Gasteiger partial charge in [0.15, 0.2) is 0 Å². The molecule has 0 aliphatic rings. The Morgan fingerprint density at radius 2 is 1.68 bits per heavy atom. The van der Waals surface area contributed by atoms with Crippen LogP contribution in [0.15, 0.2) is 48.5 Å². The van der Waals surface area contributed by atoms with E-state index in [1.165, 1.54) is 11.6 Å². The number of phenolic OH excluding ortho intramolecular Hbond substituents is 1. The summed E-state index contributed by atoms with van der Waals surface area (Å²) in [6.45, 7) is 4.01. The van der Waals surface area contributed by atoms with Gasteiger partial charge in [-0.15, -0.1) is 0 Å². The number of nitrogens with one attached hydrogen (secondary N) is 1. The third-order valence-corrected chi connectivity index (χ3v) is 3.26. The normalized spacial score (nSPS) is 14.1. The smallest absolute Gasteiger partial charge is 0.126 e. The maximum absolute atomic E-state index is 13.0. The monoisotopic (exact) mass is 259 g/mol. The lowest BCUT2D eigenvalue weighted by atomic mass is 10.0. The van der Waals surface area contributed by atoms with Gasteiger partial charge in [-0.05, 0) is 25.5 Å². The molecule has 2 nitrogen and oxygen atoms in total. The van der Waals surface area contributed by atoms with E-state index in [9.17, 15) is 9.50 Å². The summed E-state index contributed by atoms with van der Waals surface area (Å²) < 4.78 is 13.0. The lowest BCUT2D eigenvalue weighted by Crippen LogP contribution is -2.22. The average molecular weight is 259 g/mol. The molecule has 1 unspecified atom stereocenters. The van der Waals surface area contributed by atoms with Gasteiger partial charge in [0.1, 0.15) is 11.6 Å². The predicted octanol–water partition coefficient (Wildman–Crippen LogP) is 3.94. The van der Waals surface area contributed by atoms with Crippen molar-refractivity contribution in [2.24, 2.45) is 0 Å². The summed E-state index contributed by atoms with van der Waals surface area (Å²) in [5, 5.41) is 13.2. The van der Waals surface area contributed by atoms with E-state index >= 15 is 0 Å². The number of rotatable bonds is 4. The second-order valence-corrected chi connectivity index (χ2v) is 4.72. The van der Waals surface area contributed by atoms with Crippen LogP contribution in [0.2, 0.25) is 0 Å². The number of aromatic hydroxyl groups is 1. The molecule has 0 aromatic heterocycles. The largest absolute Gasteiger partial charge is 0.508 e.